The summed E-state index contributed by atoms with van der Waals surface area (Å²) in [5, 5.41) is 0. The molecule has 190 valence electrons. The number of nitrogens with zero attached hydrogens (tertiary/aromatic N) is 4. The van der Waals surface area contributed by atoms with E-state index >= 15 is 0 Å². The maximum absolute atomic E-state index is 13.5. The lowest BCUT2D eigenvalue weighted by Gasteiger charge is -2.41. The predicted octanol–water partition coefficient (Wildman–Crippen LogP) is 4.64. The monoisotopic (exact) mass is 488 g/mol. The number of hydrogen-bond acceptors (Lipinski definition) is 4. The molecule has 3 aliphatic rings. The molecule has 2 fully saturated rings. The van der Waals surface area contributed by atoms with Gasteiger partial charge >= 0.3 is 6.03 Å². The van der Waals surface area contributed by atoms with Gasteiger partial charge in [0.25, 0.3) is 11.8 Å². The van der Waals surface area contributed by atoms with Crippen LogP contribution in [0.25, 0.3) is 0 Å². The standard InChI is InChI=1S/C29H36N4O3/c1-3-9-24-20-32(22-10-5-4-6-11-22)29(36)33(24)23-15-17-30(18-16-23)21(2)14-19-31-27(34)25-12-7-8-13-26(25)28(31)35/h4-8,10-13,21,23-24H,3,9,14-20H2,1-2H3/t21?,24-/m1/s1. The summed E-state index contributed by atoms with van der Waals surface area (Å²) in [5.74, 6) is -0.363. The zero-order chi connectivity index (χ0) is 25.2. The number of imide groups is 1. The zero-order valence-electron chi connectivity index (χ0n) is 21.3. The average Bonchev–Trinajstić information content (AvgIpc) is 3.36. The normalized spacial score (nSPS) is 22.0. The van der Waals surface area contributed by atoms with Crippen molar-refractivity contribution < 1.29 is 14.4 Å². The molecule has 7 heteroatoms. The van der Waals surface area contributed by atoms with Gasteiger partial charge < -0.3 is 9.80 Å². The van der Waals surface area contributed by atoms with Crippen molar-refractivity contribution in [3.63, 3.8) is 0 Å². The number of carbonyl (C=O) groups excluding carboxylic acids is 3. The van der Waals surface area contributed by atoms with Crippen molar-refractivity contribution in [2.45, 2.75) is 64.1 Å². The largest absolute Gasteiger partial charge is 0.325 e. The molecule has 2 aromatic carbocycles. The highest BCUT2D eigenvalue weighted by Gasteiger charge is 2.42. The molecule has 5 rings (SSSR count). The fourth-order valence-electron chi connectivity index (χ4n) is 6.06. The number of fused-ring (bicyclic) bond motifs is 1. The Morgan fingerprint density at radius 2 is 1.50 bits per heavy atom. The van der Waals surface area contributed by atoms with Gasteiger partial charge in [-0.05, 0) is 56.9 Å². The minimum Gasteiger partial charge on any atom is -0.316 e. The first kappa shape index (κ1) is 24.5. The second-order valence-electron chi connectivity index (χ2n) is 10.3. The highest BCUT2D eigenvalue weighted by Crippen LogP contribution is 2.31. The Labute approximate surface area is 213 Å². The minimum absolute atomic E-state index is 0.136. The second kappa shape index (κ2) is 10.4. The molecule has 0 aromatic heterocycles. The molecule has 1 unspecified atom stereocenters. The summed E-state index contributed by atoms with van der Waals surface area (Å²) in [4.78, 5) is 46.8. The molecule has 2 aromatic rings. The quantitative estimate of drug-likeness (QED) is 0.508. The fraction of sp³-hybridized carbons (Fsp3) is 0.483. The van der Waals surface area contributed by atoms with Crippen LogP contribution < -0.4 is 4.90 Å². The van der Waals surface area contributed by atoms with E-state index in [-0.39, 0.29) is 36.0 Å². The van der Waals surface area contributed by atoms with E-state index in [1.165, 1.54) is 4.90 Å². The molecule has 0 N–H and O–H groups in total. The summed E-state index contributed by atoms with van der Waals surface area (Å²) in [6.45, 7) is 7.39. The van der Waals surface area contributed by atoms with E-state index in [1.54, 1.807) is 24.3 Å². The first-order valence-corrected chi connectivity index (χ1v) is 13.3. The second-order valence-corrected chi connectivity index (χ2v) is 10.3. The van der Waals surface area contributed by atoms with E-state index < -0.39 is 0 Å². The molecule has 2 saturated heterocycles. The van der Waals surface area contributed by atoms with E-state index in [2.05, 4.69) is 23.6 Å². The molecule has 0 spiro atoms. The number of anilines is 1. The van der Waals surface area contributed by atoms with Crippen LogP contribution in [0, 0.1) is 0 Å². The summed E-state index contributed by atoms with van der Waals surface area (Å²) < 4.78 is 0. The lowest BCUT2D eigenvalue weighted by atomic mass is 9.99. The van der Waals surface area contributed by atoms with Crippen LogP contribution in [-0.2, 0) is 0 Å². The van der Waals surface area contributed by atoms with Crippen LogP contribution in [0.1, 0.15) is 66.7 Å². The van der Waals surface area contributed by atoms with Gasteiger partial charge in [0.05, 0.1) is 17.2 Å². The van der Waals surface area contributed by atoms with E-state index in [1.807, 2.05) is 35.2 Å². The Balaban J connectivity index is 1.17. The third kappa shape index (κ3) is 4.52. The van der Waals surface area contributed by atoms with Crippen LogP contribution in [0.2, 0.25) is 0 Å². The Bertz CT molecular complexity index is 1080. The Hall–Kier alpha value is -3.19. The summed E-state index contributed by atoms with van der Waals surface area (Å²) >= 11 is 0. The Morgan fingerprint density at radius 1 is 0.889 bits per heavy atom. The molecule has 0 aliphatic carbocycles. The van der Waals surface area contributed by atoms with Crippen molar-refractivity contribution in [3.05, 3.63) is 65.7 Å². The van der Waals surface area contributed by atoms with Crippen molar-refractivity contribution in [2.24, 2.45) is 0 Å². The molecule has 2 atom stereocenters. The molecular weight excluding hydrogens is 452 g/mol. The molecule has 0 saturated carbocycles. The van der Waals surface area contributed by atoms with Crippen molar-refractivity contribution in [1.29, 1.82) is 0 Å². The lowest BCUT2D eigenvalue weighted by Crippen LogP contribution is -2.51. The number of hydrogen-bond donors (Lipinski definition) is 0. The number of benzene rings is 2. The summed E-state index contributed by atoms with van der Waals surface area (Å²) in [5.41, 5.74) is 2.00. The smallest absolute Gasteiger partial charge is 0.316 e. The highest BCUT2D eigenvalue weighted by atomic mass is 16.2. The van der Waals surface area contributed by atoms with Gasteiger partial charge in [0, 0.05) is 44.0 Å². The number of piperidine rings is 1. The van der Waals surface area contributed by atoms with Crippen LogP contribution in [0.3, 0.4) is 0 Å². The van der Waals surface area contributed by atoms with Crippen LogP contribution in [0.5, 0.6) is 0 Å². The first-order chi connectivity index (χ1) is 17.5. The topological polar surface area (TPSA) is 64.2 Å². The van der Waals surface area contributed by atoms with Gasteiger partial charge in [-0.25, -0.2) is 4.79 Å². The summed E-state index contributed by atoms with van der Waals surface area (Å²) in [7, 11) is 0. The number of urea groups is 1. The maximum Gasteiger partial charge on any atom is 0.325 e. The Morgan fingerprint density at radius 3 is 2.11 bits per heavy atom. The minimum atomic E-state index is -0.181. The van der Waals surface area contributed by atoms with E-state index in [0.717, 1.165) is 57.4 Å². The number of likely N-dealkylation sites (tertiary alicyclic amines) is 1. The molecule has 3 heterocycles. The zero-order valence-corrected chi connectivity index (χ0v) is 21.3. The number of amides is 4. The molecular formula is C29H36N4O3. The van der Waals surface area contributed by atoms with Crippen molar-refractivity contribution in [3.8, 4) is 0 Å². The third-order valence-corrected chi connectivity index (χ3v) is 8.09. The van der Waals surface area contributed by atoms with Gasteiger partial charge in [-0.2, -0.15) is 0 Å². The molecule has 7 nitrogen and oxygen atoms in total. The van der Waals surface area contributed by atoms with Gasteiger partial charge in [0.15, 0.2) is 0 Å². The van der Waals surface area contributed by atoms with Gasteiger partial charge in [-0.15, -0.1) is 0 Å². The van der Waals surface area contributed by atoms with E-state index in [4.69, 9.17) is 0 Å². The molecule has 3 aliphatic heterocycles. The van der Waals surface area contributed by atoms with Crippen LogP contribution in [0.4, 0.5) is 10.5 Å². The van der Waals surface area contributed by atoms with Crippen molar-refractivity contribution in [1.82, 2.24) is 14.7 Å². The van der Waals surface area contributed by atoms with E-state index in [0.29, 0.717) is 17.7 Å². The average molecular weight is 489 g/mol. The lowest BCUT2D eigenvalue weighted by molar-refractivity contribution is 0.0616. The van der Waals surface area contributed by atoms with Crippen LogP contribution in [-0.4, -0.2) is 76.8 Å². The molecule has 36 heavy (non-hydrogen) atoms. The van der Waals surface area contributed by atoms with Gasteiger partial charge in [0.2, 0.25) is 0 Å². The van der Waals surface area contributed by atoms with Crippen LogP contribution >= 0.6 is 0 Å². The molecule has 0 bridgehead atoms. The van der Waals surface area contributed by atoms with E-state index in [9.17, 15) is 14.4 Å². The molecule has 4 amide bonds. The number of rotatable bonds is 8. The maximum atomic E-state index is 13.5. The summed E-state index contributed by atoms with van der Waals surface area (Å²) in [6.07, 6.45) is 4.73. The fourth-order valence-corrected chi connectivity index (χ4v) is 6.06. The molecule has 0 radical (unpaired) electrons. The first-order valence-electron chi connectivity index (χ1n) is 13.3. The van der Waals surface area contributed by atoms with Crippen LogP contribution in [0.15, 0.2) is 54.6 Å². The Kier molecular flexibility index (Phi) is 7.10. The number of para-hydroxylation sites is 1. The predicted molar refractivity (Wildman–Crippen MR) is 140 cm³/mol. The van der Waals surface area contributed by atoms with Gasteiger partial charge in [-0.3, -0.25) is 19.4 Å². The van der Waals surface area contributed by atoms with Crippen molar-refractivity contribution in [2.75, 3.05) is 31.1 Å². The highest BCUT2D eigenvalue weighted by molar-refractivity contribution is 6.21. The van der Waals surface area contributed by atoms with Gasteiger partial charge in [0.1, 0.15) is 0 Å². The van der Waals surface area contributed by atoms with Crippen molar-refractivity contribution >= 4 is 23.5 Å². The summed E-state index contributed by atoms with van der Waals surface area (Å²) in [6, 6.07) is 18.0. The van der Waals surface area contributed by atoms with Gasteiger partial charge in [-0.1, -0.05) is 43.7 Å². The third-order valence-electron chi connectivity index (χ3n) is 8.09. The SMILES string of the molecule is CCC[C@@H]1CN(c2ccccc2)C(=O)N1C1CCN(C(C)CCN2C(=O)c3ccccc3C2=O)CC1. The number of carbonyl (C=O) groups is 3.